The maximum absolute atomic E-state index is 2.51. The topological polar surface area (TPSA) is 0 Å². The molecular weight excluding hydrogens is 240 g/mol. The highest BCUT2D eigenvalue weighted by molar-refractivity contribution is 5.33. The first kappa shape index (κ1) is 19.5. The Kier molecular flexibility index (Phi) is 8.47. The first-order chi connectivity index (χ1) is 9.09. The molecule has 0 aromatic carbocycles. The van der Waals surface area contributed by atoms with E-state index in [0.717, 1.165) is 0 Å². The van der Waals surface area contributed by atoms with Crippen molar-refractivity contribution in [2.75, 3.05) is 0 Å². The molecule has 0 aromatic rings. The molecule has 0 aromatic heterocycles. The summed E-state index contributed by atoms with van der Waals surface area (Å²) >= 11 is 0. The molecule has 0 amide bonds. The second-order valence-corrected chi connectivity index (χ2v) is 8.28. The van der Waals surface area contributed by atoms with Gasteiger partial charge in [0.05, 0.1) is 0 Å². The van der Waals surface area contributed by atoms with E-state index in [1.165, 1.54) is 38.5 Å². The Bertz CT molecular complexity index is 281. The van der Waals surface area contributed by atoms with Crippen molar-refractivity contribution in [3.63, 3.8) is 0 Å². The second kappa shape index (κ2) is 8.70. The van der Waals surface area contributed by atoms with E-state index < -0.39 is 0 Å². The molecule has 0 heteroatoms. The summed E-state index contributed by atoms with van der Waals surface area (Å²) in [5.41, 5.74) is 3.74. The van der Waals surface area contributed by atoms with Crippen LogP contribution >= 0.6 is 0 Å². The van der Waals surface area contributed by atoms with E-state index in [2.05, 4.69) is 67.5 Å². The van der Waals surface area contributed by atoms with Crippen LogP contribution in [0.1, 0.15) is 93.9 Å². The van der Waals surface area contributed by atoms with Gasteiger partial charge in [-0.05, 0) is 47.7 Å². The molecule has 0 heterocycles. The SMILES string of the molecule is CCCCC(=C/C(C)(C)C)/C(=C\C(C)(C)C)CCCC. The third-order valence-corrected chi connectivity index (χ3v) is 3.23. The van der Waals surface area contributed by atoms with Crippen molar-refractivity contribution in [2.24, 2.45) is 10.8 Å². The number of hydrogen-bond acceptors (Lipinski definition) is 0. The summed E-state index contributed by atoms with van der Waals surface area (Å²) in [6.07, 6.45) is 12.6. The van der Waals surface area contributed by atoms with Gasteiger partial charge in [0, 0.05) is 0 Å². The van der Waals surface area contributed by atoms with Crippen LogP contribution in [0.25, 0.3) is 0 Å². The third kappa shape index (κ3) is 10.3. The molecule has 0 aliphatic carbocycles. The lowest BCUT2D eigenvalue weighted by atomic mass is 9.83. The van der Waals surface area contributed by atoms with Crippen LogP contribution in [-0.2, 0) is 0 Å². The summed E-state index contributed by atoms with van der Waals surface area (Å²) in [4.78, 5) is 0. The van der Waals surface area contributed by atoms with Gasteiger partial charge < -0.3 is 0 Å². The molecule has 0 radical (unpaired) electrons. The van der Waals surface area contributed by atoms with E-state index in [4.69, 9.17) is 0 Å². The van der Waals surface area contributed by atoms with Gasteiger partial charge in [-0.3, -0.25) is 0 Å². The first-order valence-electron chi connectivity index (χ1n) is 8.53. The standard InChI is InChI=1S/C20H38/c1-9-11-13-17(15-19(3,4)5)18(14-12-10-2)16-20(6,7)8/h15-16H,9-14H2,1-8H3/b17-15-,18-16-. The Labute approximate surface area is 128 Å². The largest absolute Gasteiger partial charge is 0.0757 e. The smallest absolute Gasteiger partial charge is 0.0197 e. The van der Waals surface area contributed by atoms with E-state index in [-0.39, 0.29) is 10.8 Å². The van der Waals surface area contributed by atoms with E-state index in [1.807, 2.05) is 0 Å². The van der Waals surface area contributed by atoms with Gasteiger partial charge in [-0.15, -0.1) is 0 Å². The van der Waals surface area contributed by atoms with Gasteiger partial charge in [0.15, 0.2) is 0 Å². The monoisotopic (exact) mass is 278 g/mol. The Morgan fingerprint density at radius 2 is 0.950 bits per heavy atom. The van der Waals surface area contributed by atoms with Gasteiger partial charge in [-0.2, -0.15) is 0 Å². The Hall–Kier alpha value is -0.520. The van der Waals surface area contributed by atoms with E-state index in [1.54, 1.807) is 11.1 Å². The van der Waals surface area contributed by atoms with E-state index >= 15 is 0 Å². The van der Waals surface area contributed by atoms with Crippen LogP contribution in [0.5, 0.6) is 0 Å². The van der Waals surface area contributed by atoms with Gasteiger partial charge in [0.2, 0.25) is 0 Å². The quantitative estimate of drug-likeness (QED) is 0.428. The number of allylic oxidation sites excluding steroid dienone is 4. The molecule has 0 aliphatic rings. The minimum Gasteiger partial charge on any atom is -0.0757 e. The zero-order chi connectivity index (χ0) is 15.8. The fraction of sp³-hybridized carbons (Fsp3) is 0.800. The molecule has 118 valence electrons. The Morgan fingerprint density at radius 3 is 1.15 bits per heavy atom. The van der Waals surface area contributed by atoms with Gasteiger partial charge >= 0.3 is 0 Å². The molecule has 0 saturated heterocycles. The molecule has 0 aliphatic heterocycles. The molecule has 20 heavy (non-hydrogen) atoms. The molecule has 0 fully saturated rings. The molecule has 0 N–H and O–H groups in total. The highest BCUT2D eigenvalue weighted by atomic mass is 14.2. The highest BCUT2D eigenvalue weighted by Gasteiger charge is 2.15. The number of unbranched alkanes of at least 4 members (excludes halogenated alkanes) is 2. The summed E-state index contributed by atoms with van der Waals surface area (Å²) in [5, 5.41) is 0. The molecule has 0 nitrogen and oxygen atoms in total. The average Bonchev–Trinajstić information content (AvgIpc) is 2.27. The zero-order valence-electron chi connectivity index (χ0n) is 15.4. The fourth-order valence-corrected chi connectivity index (χ4v) is 2.43. The van der Waals surface area contributed by atoms with Crippen molar-refractivity contribution >= 4 is 0 Å². The molecule has 0 bridgehead atoms. The highest BCUT2D eigenvalue weighted by Crippen LogP contribution is 2.31. The van der Waals surface area contributed by atoms with Gasteiger partial charge in [0.1, 0.15) is 0 Å². The van der Waals surface area contributed by atoms with Crippen LogP contribution in [0.3, 0.4) is 0 Å². The fourth-order valence-electron chi connectivity index (χ4n) is 2.43. The summed E-state index contributed by atoms with van der Waals surface area (Å²) in [5.74, 6) is 0. The molecule has 0 saturated carbocycles. The van der Waals surface area contributed by atoms with Crippen molar-refractivity contribution in [3.8, 4) is 0 Å². The summed E-state index contributed by atoms with van der Waals surface area (Å²) in [6.45, 7) is 18.4. The molecule has 0 unspecified atom stereocenters. The maximum atomic E-state index is 2.51. The van der Waals surface area contributed by atoms with Gasteiger partial charge in [-0.25, -0.2) is 0 Å². The van der Waals surface area contributed by atoms with Crippen LogP contribution in [0.15, 0.2) is 23.3 Å². The lowest BCUT2D eigenvalue weighted by Crippen LogP contribution is -2.07. The Balaban J connectivity index is 5.39. The lowest BCUT2D eigenvalue weighted by molar-refractivity contribution is 0.526. The van der Waals surface area contributed by atoms with Crippen LogP contribution in [-0.4, -0.2) is 0 Å². The predicted molar refractivity (Wildman–Crippen MR) is 94.1 cm³/mol. The van der Waals surface area contributed by atoms with Crippen LogP contribution in [0.4, 0.5) is 0 Å². The van der Waals surface area contributed by atoms with Crippen molar-refractivity contribution in [3.05, 3.63) is 23.3 Å². The van der Waals surface area contributed by atoms with Crippen molar-refractivity contribution in [1.82, 2.24) is 0 Å². The van der Waals surface area contributed by atoms with Crippen LogP contribution < -0.4 is 0 Å². The maximum Gasteiger partial charge on any atom is -0.0197 e. The molecular formula is C20H38. The number of hydrogen-bond donors (Lipinski definition) is 0. The van der Waals surface area contributed by atoms with Crippen molar-refractivity contribution in [1.29, 1.82) is 0 Å². The summed E-state index contributed by atoms with van der Waals surface area (Å²) in [6, 6.07) is 0. The molecule has 0 spiro atoms. The van der Waals surface area contributed by atoms with Crippen LogP contribution in [0, 0.1) is 10.8 Å². The minimum absolute atomic E-state index is 0.270. The third-order valence-electron chi connectivity index (χ3n) is 3.23. The first-order valence-corrected chi connectivity index (χ1v) is 8.53. The van der Waals surface area contributed by atoms with Crippen molar-refractivity contribution < 1.29 is 0 Å². The summed E-state index contributed by atoms with van der Waals surface area (Å²) in [7, 11) is 0. The van der Waals surface area contributed by atoms with E-state index in [0.29, 0.717) is 0 Å². The Morgan fingerprint density at radius 1 is 0.650 bits per heavy atom. The van der Waals surface area contributed by atoms with Gasteiger partial charge in [-0.1, -0.05) is 80.4 Å². The number of rotatable bonds is 7. The average molecular weight is 279 g/mol. The normalized spacial score (nSPS) is 14.8. The van der Waals surface area contributed by atoms with Gasteiger partial charge in [0.25, 0.3) is 0 Å². The molecule has 0 rings (SSSR count). The zero-order valence-corrected chi connectivity index (χ0v) is 15.4. The summed E-state index contributed by atoms with van der Waals surface area (Å²) < 4.78 is 0. The van der Waals surface area contributed by atoms with E-state index in [9.17, 15) is 0 Å². The van der Waals surface area contributed by atoms with Crippen molar-refractivity contribution in [2.45, 2.75) is 93.9 Å². The second-order valence-electron chi connectivity index (χ2n) is 8.28. The predicted octanol–water partition coefficient (Wildman–Crippen LogP) is 7.31. The van der Waals surface area contributed by atoms with Crippen LogP contribution in [0.2, 0.25) is 0 Å². The molecule has 0 atom stereocenters. The minimum atomic E-state index is 0.270. The lowest BCUT2D eigenvalue weighted by Gasteiger charge is -2.22.